The number of anilines is 1. The predicted molar refractivity (Wildman–Crippen MR) is 101 cm³/mol. The number of nitrogens with zero attached hydrogens (tertiary/aromatic N) is 2. The smallest absolute Gasteiger partial charge is 0.239 e. The van der Waals surface area contributed by atoms with Crippen molar-refractivity contribution in [2.45, 2.75) is 12.3 Å². The first-order valence-electron chi connectivity index (χ1n) is 8.70. The lowest BCUT2D eigenvalue weighted by Gasteiger charge is -2.16. The number of fused-ring (bicyclic) bond motifs is 1. The Balaban J connectivity index is 1.38. The molecule has 1 unspecified atom stereocenters. The number of amides is 1. The van der Waals surface area contributed by atoms with Gasteiger partial charge in [0.05, 0.1) is 6.54 Å². The Bertz CT molecular complexity index is 878. The lowest BCUT2D eigenvalue weighted by molar-refractivity contribution is -0.117. The highest BCUT2D eigenvalue weighted by molar-refractivity contribution is 5.91. The van der Waals surface area contributed by atoms with Gasteiger partial charge in [-0.05, 0) is 47.4 Å². The number of aromatic nitrogens is 1. The number of hydrogen-bond acceptors (Lipinski definition) is 3. The molecule has 4 heteroatoms. The van der Waals surface area contributed by atoms with E-state index in [4.69, 9.17) is 0 Å². The minimum atomic E-state index is -0.00198. The normalized spacial score (nSPS) is 17.7. The first kappa shape index (κ1) is 15.8. The van der Waals surface area contributed by atoms with Crippen LogP contribution in [-0.2, 0) is 4.79 Å². The van der Waals surface area contributed by atoms with E-state index in [-0.39, 0.29) is 5.91 Å². The summed E-state index contributed by atoms with van der Waals surface area (Å²) in [6.45, 7) is 2.29. The number of benzene rings is 2. The van der Waals surface area contributed by atoms with Crippen molar-refractivity contribution >= 4 is 22.5 Å². The van der Waals surface area contributed by atoms with Crippen molar-refractivity contribution in [3.63, 3.8) is 0 Å². The summed E-state index contributed by atoms with van der Waals surface area (Å²) < 4.78 is 0. The number of nitrogens with one attached hydrogen (secondary N) is 1. The molecule has 0 spiro atoms. The number of carbonyl (C=O) groups excluding carboxylic acids is 1. The van der Waals surface area contributed by atoms with Crippen LogP contribution in [0, 0.1) is 0 Å². The zero-order valence-corrected chi connectivity index (χ0v) is 14.1. The second-order valence-electron chi connectivity index (χ2n) is 6.59. The Morgan fingerprint density at radius 2 is 1.92 bits per heavy atom. The van der Waals surface area contributed by atoms with Crippen molar-refractivity contribution < 1.29 is 4.79 Å². The van der Waals surface area contributed by atoms with Crippen molar-refractivity contribution in [1.29, 1.82) is 0 Å². The Hall–Kier alpha value is -2.72. The van der Waals surface area contributed by atoms with Crippen LogP contribution in [0.3, 0.4) is 0 Å². The van der Waals surface area contributed by atoms with Crippen LogP contribution in [0.15, 0.2) is 66.9 Å². The van der Waals surface area contributed by atoms with E-state index in [9.17, 15) is 4.79 Å². The maximum absolute atomic E-state index is 12.2. The standard InChI is InChI=1S/C21H21N3O/c25-21(23-20-7-3-4-11-22-20)15-24-12-10-19(14-24)18-9-8-16-5-1-2-6-17(16)13-18/h1-9,11,13,19H,10,12,14-15H2,(H,22,23,25). The molecular formula is C21H21N3O. The van der Waals surface area contributed by atoms with E-state index in [0.717, 1.165) is 19.5 Å². The van der Waals surface area contributed by atoms with Crippen LogP contribution in [0.5, 0.6) is 0 Å². The summed E-state index contributed by atoms with van der Waals surface area (Å²) in [6.07, 6.45) is 2.77. The minimum absolute atomic E-state index is 0.00198. The lowest BCUT2D eigenvalue weighted by Crippen LogP contribution is -2.31. The first-order valence-corrected chi connectivity index (χ1v) is 8.70. The van der Waals surface area contributed by atoms with Crippen molar-refractivity contribution in [3.05, 3.63) is 72.4 Å². The van der Waals surface area contributed by atoms with Crippen LogP contribution >= 0.6 is 0 Å². The zero-order chi connectivity index (χ0) is 17.1. The molecule has 3 aromatic rings. The quantitative estimate of drug-likeness (QED) is 0.793. The van der Waals surface area contributed by atoms with Gasteiger partial charge in [0.1, 0.15) is 5.82 Å². The average molecular weight is 331 g/mol. The maximum atomic E-state index is 12.2. The van der Waals surface area contributed by atoms with Crippen LogP contribution in [0.4, 0.5) is 5.82 Å². The van der Waals surface area contributed by atoms with E-state index in [1.807, 2.05) is 12.1 Å². The Kier molecular flexibility index (Phi) is 4.44. The lowest BCUT2D eigenvalue weighted by atomic mass is 9.96. The summed E-state index contributed by atoms with van der Waals surface area (Å²) in [4.78, 5) is 18.5. The van der Waals surface area contributed by atoms with Crippen LogP contribution in [0.25, 0.3) is 10.8 Å². The molecule has 4 nitrogen and oxygen atoms in total. The van der Waals surface area contributed by atoms with E-state index in [1.165, 1.54) is 16.3 Å². The summed E-state index contributed by atoms with van der Waals surface area (Å²) in [7, 11) is 0. The highest BCUT2D eigenvalue weighted by atomic mass is 16.2. The fraction of sp³-hybridized carbons (Fsp3) is 0.238. The third-order valence-electron chi connectivity index (χ3n) is 4.82. The largest absolute Gasteiger partial charge is 0.310 e. The van der Waals surface area contributed by atoms with Gasteiger partial charge in [0.2, 0.25) is 5.91 Å². The molecule has 2 heterocycles. The van der Waals surface area contributed by atoms with Gasteiger partial charge in [-0.25, -0.2) is 4.98 Å². The van der Waals surface area contributed by atoms with Crippen molar-refractivity contribution in [3.8, 4) is 0 Å². The molecule has 1 fully saturated rings. The van der Waals surface area contributed by atoms with Crippen molar-refractivity contribution in [2.75, 3.05) is 25.0 Å². The van der Waals surface area contributed by atoms with Gasteiger partial charge in [-0.1, -0.05) is 48.5 Å². The van der Waals surface area contributed by atoms with Crippen LogP contribution in [-0.4, -0.2) is 35.4 Å². The maximum Gasteiger partial charge on any atom is 0.239 e. The van der Waals surface area contributed by atoms with Gasteiger partial charge >= 0.3 is 0 Å². The SMILES string of the molecule is O=C(CN1CCC(c2ccc3ccccc3c2)C1)Nc1ccccn1. The number of rotatable bonds is 4. The van der Waals surface area contributed by atoms with E-state index in [2.05, 4.69) is 57.7 Å². The van der Waals surface area contributed by atoms with Gasteiger partial charge in [0.15, 0.2) is 0 Å². The van der Waals surface area contributed by atoms with Crippen LogP contribution < -0.4 is 5.32 Å². The van der Waals surface area contributed by atoms with E-state index in [0.29, 0.717) is 18.3 Å². The second-order valence-corrected chi connectivity index (χ2v) is 6.59. The van der Waals surface area contributed by atoms with Crippen molar-refractivity contribution in [2.24, 2.45) is 0 Å². The van der Waals surface area contributed by atoms with Gasteiger partial charge in [0, 0.05) is 12.7 Å². The summed E-state index contributed by atoms with van der Waals surface area (Å²) in [5.74, 6) is 1.10. The molecule has 0 saturated carbocycles. The molecule has 1 aliphatic rings. The van der Waals surface area contributed by atoms with Gasteiger partial charge < -0.3 is 5.32 Å². The number of likely N-dealkylation sites (tertiary alicyclic amines) is 1. The Morgan fingerprint density at radius 3 is 2.76 bits per heavy atom. The Morgan fingerprint density at radius 1 is 1.08 bits per heavy atom. The highest BCUT2D eigenvalue weighted by Gasteiger charge is 2.25. The van der Waals surface area contributed by atoms with Crippen molar-refractivity contribution in [1.82, 2.24) is 9.88 Å². The predicted octanol–water partition coefficient (Wildman–Crippen LogP) is 3.66. The molecule has 1 atom stereocenters. The summed E-state index contributed by atoms with van der Waals surface area (Å²) in [6, 6.07) is 20.7. The molecule has 1 aromatic heterocycles. The topological polar surface area (TPSA) is 45.2 Å². The number of pyridine rings is 1. The molecule has 0 bridgehead atoms. The molecule has 25 heavy (non-hydrogen) atoms. The molecule has 1 amide bonds. The summed E-state index contributed by atoms with van der Waals surface area (Å²) in [5, 5.41) is 5.41. The van der Waals surface area contributed by atoms with Crippen LogP contribution in [0.2, 0.25) is 0 Å². The van der Waals surface area contributed by atoms with Gasteiger partial charge in [0.25, 0.3) is 0 Å². The van der Waals surface area contributed by atoms with Gasteiger partial charge in [-0.2, -0.15) is 0 Å². The van der Waals surface area contributed by atoms with Gasteiger partial charge in [-0.15, -0.1) is 0 Å². The average Bonchev–Trinajstić information content (AvgIpc) is 3.10. The van der Waals surface area contributed by atoms with Crippen LogP contribution in [0.1, 0.15) is 17.9 Å². The molecule has 0 aliphatic carbocycles. The molecule has 0 radical (unpaired) electrons. The fourth-order valence-electron chi connectivity index (χ4n) is 3.53. The molecule has 2 aromatic carbocycles. The third kappa shape index (κ3) is 3.69. The summed E-state index contributed by atoms with van der Waals surface area (Å²) >= 11 is 0. The van der Waals surface area contributed by atoms with E-state index in [1.54, 1.807) is 12.3 Å². The molecule has 1 saturated heterocycles. The fourth-order valence-corrected chi connectivity index (χ4v) is 3.53. The highest BCUT2D eigenvalue weighted by Crippen LogP contribution is 2.29. The zero-order valence-electron chi connectivity index (χ0n) is 14.1. The molecular weight excluding hydrogens is 310 g/mol. The van der Waals surface area contributed by atoms with Gasteiger partial charge in [-0.3, -0.25) is 9.69 Å². The summed E-state index contributed by atoms with van der Waals surface area (Å²) in [5.41, 5.74) is 1.37. The minimum Gasteiger partial charge on any atom is -0.310 e. The van der Waals surface area contributed by atoms with E-state index >= 15 is 0 Å². The molecule has 4 rings (SSSR count). The molecule has 126 valence electrons. The molecule has 1 N–H and O–H groups in total. The second kappa shape index (κ2) is 7.03. The third-order valence-corrected chi connectivity index (χ3v) is 4.82. The van der Waals surface area contributed by atoms with E-state index < -0.39 is 0 Å². The number of hydrogen-bond donors (Lipinski definition) is 1. The molecule has 1 aliphatic heterocycles. The first-order chi connectivity index (χ1) is 12.3. The number of carbonyl (C=O) groups is 1. The monoisotopic (exact) mass is 331 g/mol. The Labute approximate surface area is 147 Å².